The molecular weight excluding hydrogens is 240 g/mol. The van der Waals surface area contributed by atoms with E-state index in [0.29, 0.717) is 0 Å². The monoisotopic (exact) mass is 262 g/mol. The number of hydrogen-bond acceptors (Lipinski definition) is 5. The van der Waals surface area contributed by atoms with Crippen LogP contribution in [0.15, 0.2) is 12.3 Å². The summed E-state index contributed by atoms with van der Waals surface area (Å²) < 4.78 is 5.76. The number of ether oxygens (including phenoxy) is 1. The second-order valence-electron chi connectivity index (χ2n) is 5.24. The van der Waals surface area contributed by atoms with Crippen LogP contribution in [0.3, 0.4) is 0 Å². The van der Waals surface area contributed by atoms with Gasteiger partial charge in [0.1, 0.15) is 6.10 Å². The fraction of sp³-hybridized carbons (Fsp3) is 0.643. The third-order valence-electron chi connectivity index (χ3n) is 3.93. The fourth-order valence-electron chi connectivity index (χ4n) is 2.89. The zero-order valence-electron chi connectivity index (χ0n) is 11.3. The molecule has 2 saturated heterocycles. The van der Waals surface area contributed by atoms with Gasteiger partial charge in [-0.15, -0.1) is 0 Å². The van der Waals surface area contributed by atoms with Gasteiger partial charge >= 0.3 is 0 Å². The Morgan fingerprint density at radius 3 is 2.89 bits per heavy atom. The van der Waals surface area contributed by atoms with E-state index >= 15 is 0 Å². The van der Waals surface area contributed by atoms with Crippen molar-refractivity contribution >= 4 is 11.4 Å². The molecule has 0 amide bonds. The molecular formula is C14H22N4O. The Labute approximate surface area is 114 Å². The summed E-state index contributed by atoms with van der Waals surface area (Å²) in [5.41, 5.74) is 9.13. The van der Waals surface area contributed by atoms with Gasteiger partial charge in [0.2, 0.25) is 0 Å². The highest BCUT2D eigenvalue weighted by Crippen LogP contribution is 2.32. The van der Waals surface area contributed by atoms with Crippen molar-refractivity contribution in [3.8, 4) is 0 Å². The minimum absolute atomic E-state index is 0.0153. The molecule has 0 spiro atoms. The Morgan fingerprint density at radius 1 is 1.32 bits per heavy atom. The van der Waals surface area contributed by atoms with Crippen molar-refractivity contribution in [2.75, 3.05) is 43.4 Å². The van der Waals surface area contributed by atoms with Crippen LogP contribution in [0.25, 0.3) is 0 Å². The van der Waals surface area contributed by atoms with E-state index < -0.39 is 0 Å². The third-order valence-corrected chi connectivity index (χ3v) is 3.93. The van der Waals surface area contributed by atoms with Gasteiger partial charge in [-0.05, 0) is 25.3 Å². The van der Waals surface area contributed by atoms with Crippen molar-refractivity contribution in [1.82, 2.24) is 10.3 Å². The number of nitrogens with one attached hydrogen (secondary N) is 1. The average Bonchev–Trinajstić information content (AvgIpc) is 2.49. The lowest BCUT2D eigenvalue weighted by atomic mass is 10.1. The van der Waals surface area contributed by atoms with Crippen LogP contribution < -0.4 is 16.0 Å². The summed E-state index contributed by atoms with van der Waals surface area (Å²) in [6.07, 6.45) is 5.66. The molecule has 5 heteroatoms. The first kappa shape index (κ1) is 12.7. The molecule has 0 saturated carbocycles. The van der Waals surface area contributed by atoms with E-state index in [2.05, 4.69) is 15.2 Å². The molecule has 104 valence electrons. The van der Waals surface area contributed by atoms with Gasteiger partial charge in [-0.1, -0.05) is 0 Å². The molecule has 19 heavy (non-hydrogen) atoms. The molecule has 2 fully saturated rings. The van der Waals surface area contributed by atoms with Crippen LogP contribution >= 0.6 is 0 Å². The van der Waals surface area contributed by atoms with Crippen LogP contribution in [-0.2, 0) is 4.74 Å². The van der Waals surface area contributed by atoms with Crippen LogP contribution in [0.2, 0.25) is 0 Å². The zero-order chi connectivity index (χ0) is 13.1. The average molecular weight is 262 g/mol. The number of hydrogen-bond donors (Lipinski definition) is 2. The van der Waals surface area contributed by atoms with Gasteiger partial charge < -0.3 is 20.7 Å². The summed E-state index contributed by atoms with van der Waals surface area (Å²) in [6.45, 7) is 4.61. The van der Waals surface area contributed by atoms with Gasteiger partial charge in [0.05, 0.1) is 23.7 Å². The third kappa shape index (κ3) is 2.67. The Hall–Kier alpha value is -1.33. The summed E-state index contributed by atoms with van der Waals surface area (Å²) in [5, 5.41) is 3.33. The maximum absolute atomic E-state index is 6.33. The van der Waals surface area contributed by atoms with Crippen molar-refractivity contribution in [1.29, 1.82) is 0 Å². The van der Waals surface area contributed by atoms with Crippen LogP contribution in [0, 0.1) is 0 Å². The lowest BCUT2D eigenvalue weighted by Gasteiger charge is -2.31. The number of nitrogens with zero attached hydrogens (tertiary/aromatic N) is 2. The molecule has 3 N–H and O–H groups in total. The number of nitrogen functional groups attached to an aromatic ring is 1. The van der Waals surface area contributed by atoms with E-state index in [1.165, 1.54) is 19.3 Å². The second kappa shape index (κ2) is 5.75. The lowest BCUT2D eigenvalue weighted by molar-refractivity contribution is 0.0255. The van der Waals surface area contributed by atoms with Gasteiger partial charge in [-0.2, -0.15) is 0 Å². The number of anilines is 2. The van der Waals surface area contributed by atoms with Crippen LogP contribution in [0.4, 0.5) is 11.4 Å². The van der Waals surface area contributed by atoms with Crippen molar-refractivity contribution in [2.24, 2.45) is 0 Å². The molecule has 3 rings (SSSR count). The smallest absolute Gasteiger partial charge is 0.114 e. The number of piperidine rings is 1. The Balaban J connectivity index is 1.84. The van der Waals surface area contributed by atoms with Crippen molar-refractivity contribution in [2.45, 2.75) is 25.4 Å². The fourth-order valence-corrected chi connectivity index (χ4v) is 2.89. The number of pyridine rings is 1. The van der Waals surface area contributed by atoms with Gasteiger partial charge in [-0.25, -0.2) is 0 Å². The standard InChI is InChI=1S/C14H22N4O/c15-13-11(18-7-2-1-3-8-18)4-5-17-14(13)12-10-16-6-9-19-12/h4-5,12,16H,1-3,6-10,15H2. The first-order valence-corrected chi connectivity index (χ1v) is 7.18. The molecule has 0 aliphatic carbocycles. The van der Waals surface area contributed by atoms with E-state index in [-0.39, 0.29) is 6.10 Å². The molecule has 0 radical (unpaired) electrons. The lowest BCUT2D eigenvalue weighted by Crippen LogP contribution is -2.35. The van der Waals surface area contributed by atoms with E-state index in [4.69, 9.17) is 10.5 Å². The SMILES string of the molecule is Nc1c(N2CCCCC2)ccnc1C1CNCCO1. The van der Waals surface area contributed by atoms with Gasteiger partial charge in [-0.3, -0.25) is 4.98 Å². The predicted octanol–water partition coefficient (Wildman–Crippen LogP) is 1.31. The van der Waals surface area contributed by atoms with Crippen LogP contribution in [0.5, 0.6) is 0 Å². The molecule has 1 unspecified atom stereocenters. The molecule has 1 atom stereocenters. The van der Waals surface area contributed by atoms with E-state index in [9.17, 15) is 0 Å². The van der Waals surface area contributed by atoms with E-state index in [1.54, 1.807) is 0 Å². The Morgan fingerprint density at radius 2 is 2.16 bits per heavy atom. The van der Waals surface area contributed by atoms with E-state index in [1.807, 2.05) is 12.3 Å². The molecule has 0 bridgehead atoms. The number of morpholine rings is 1. The number of rotatable bonds is 2. The summed E-state index contributed by atoms with van der Waals surface area (Å²) in [5.74, 6) is 0. The highest BCUT2D eigenvalue weighted by Gasteiger charge is 2.23. The van der Waals surface area contributed by atoms with Crippen LogP contribution in [-0.4, -0.2) is 37.8 Å². The van der Waals surface area contributed by atoms with Gasteiger partial charge in [0, 0.05) is 32.4 Å². The summed E-state index contributed by atoms with van der Waals surface area (Å²) >= 11 is 0. The number of aromatic nitrogens is 1. The topological polar surface area (TPSA) is 63.4 Å². The second-order valence-corrected chi connectivity index (χ2v) is 5.24. The quantitative estimate of drug-likeness (QED) is 0.841. The van der Waals surface area contributed by atoms with Crippen molar-refractivity contribution < 1.29 is 4.74 Å². The minimum Gasteiger partial charge on any atom is -0.395 e. The molecule has 2 aliphatic rings. The molecule has 1 aromatic heterocycles. The Bertz CT molecular complexity index is 389. The zero-order valence-corrected chi connectivity index (χ0v) is 11.3. The Kier molecular flexibility index (Phi) is 3.84. The predicted molar refractivity (Wildman–Crippen MR) is 76.3 cm³/mol. The van der Waals surface area contributed by atoms with Crippen molar-refractivity contribution in [3.63, 3.8) is 0 Å². The largest absolute Gasteiger partial charge is 0.395 e. The molecule has 1 aromatic rings. The van der Waals surface area contributed by atoms with Crippen LogP contribution in [0.1, 0.15) is 31.1 Å². The number of nitrogens with two attached hydrogens (primary N) is 1. The first-order valence-electron chi connectivity index (χ1n) is 7.18. The molecule has 2 aliphatic heterocycles. The maximum atomic E-state index is 6.33. The molecule has 3 heterocycles. The van der Waals surface area contributed by atoms with Gasteiger partial charge in [0.15, 0.2) is 0 Å². The summed E-state index contributed by atoms with van der Waals surface area (Å²) in [4.78, 5) is 6.82. The summed E-state index contributed by atoms with van der Waals surface area (Å²) in [6, 6.07) is 2.03. The van der Waals surface area contributed by atoms with Gasteiger partial charge in [0.25, 0.3) is 0 Å². The maximum Gasteiger partial charge on any atom is 0.114 e. The highest BCUT2D eigenvalue weighted by atomic mass is 16.5. The highest BCUT2D eigenvalue weighted by molar-refractivity contribution is 5.70. The van der Waals surface area contributed by atoms with E-state index in [0.717, 1.165) is 49.9 Å². The minimum atomic E-state index is -0.0153. The summed E-state index contributed by atoms with van der Waals surface area (Å²) in [7, 11) is 0. The first-order chi connectivity index (χ1) is 9.36. The normalized spacial score (nSPS) is 24.4. The van der Waals surface area contributed by atoms with Crippen molar-refractivity contribution in [3.05, 3.63) is 18.0 Å². The molecule has 5 nitrogen and oxygen atoms in total. The molecule has 0 aromatic carbocycles.